The maximum Gasteiger partial charge on any atom is 0.300 e. The summed E-state index contributed by atoms with van der Waals surface area (Å²) in [6, 6.07) is 20.7. The molecule has 1 saturated heterocycles. The number of hydrogen-bond donors (Lipinski definition) is 2. The maximum atomic E-state index is 13.0. The summed E-state index contributed by atoms with van der Waals surface area (Å²) in [5, 5.41) is 20.9. The molecule has 0 spiro atoms. The van der Waals surface area contributed by atoms with Crippen LogP contribution < -0.4 is 9.64 Å². The number of ketones is 1. The second-order valence-electron chi connectivity index (χ2n) is 6.83. The predicted octanol–water partition coefficient (Wildman–Crippen LogP) is 4.03. The quantitative estimate of drug-likeness (QED) is 0.392. The minimum absolute atomic E-state index is 0.00692. The normalized spacial score (nSPS) is 17.9. The molecule has 1 fully saturated rings. The largest absolute Gasteiger partial charge is 0.508 e. The summed E-state index contributed by atoms with van der Waals surface area (Å²) in [5.41, 5.74) is 1.36. The molecule has 1 aliphatic heterocycles. The number of benzene rings is 3. The van der Waals surface area contributed by atoms with E-state index in [0.29, 0.717) is 22.6 Å². The van der Waals surface area contributed by atoms with E-state index in [1.807, 2.05) is 0 Å². The summed E-state index contributed by atoms with van der Waals surface area (Å²) in [7, 11) is 1.54. The number of methoxy groups -OCH3 is 1. The van der Waals surface area contributed by atoms with Crippen molar-refractivity contribution in [3.05, 3.63) is 95.6 Å². The number of nitrogens with zero attached hydrogens (tertiary/aromatic N) is 1. The zero-order chi connectivity index (χ0) is 21.3. The standard InChI is InChI=1S/C24H19NO5/c1-30-19-12-10-17(11-13-19)25-21(16-8-5-9-18(26)14-16)20(23(28)24(25)29)22(27)15-6-3-2-4-7-15/h2-14,21,26-27H,1H3/b22-20-. The first-order valence-corrected chi connectivity index (χ1v) is 9.30. The highest BCUT2D eigenvalue weighted by Gasteiger charge is 2.47. The number of phenolic OH excluding ortho intramolecular Hbond substituents is 1. The Balaban J connectivity index is 1.93. The molecule has 2 N–H and O–H groups in total. The minimum Gasteiger partial charge on any atom is -0.508 e. The first-order valence-electron chi connectivity index (χ1n) is 9.30. The van der Waals surface area contributed by atoms with Crippen molar-refractivity contribution < 1.29 is 24.5 Å². The Bertz CT molecular complexity index is 1140. The van der Waals surface area contributed by atoms with Crippen molar-refractivity contribution in [2.75, 3.05) is 12.0 Å². The number of carbonyl (C=O) groups is 2. The van der Waals surface area contributed by atoms with Gasteiger partial charge in [-0.3, -0.25) is 14.5 Å². The SMILES string of the molecule is COc1ccc(N2C(=O)C(=O)/C(=C(\O)c3ccccc3)C2c2cccc(O)c2)cc1. The molecular weight excluding hydrogens is 382 g/mol. The van der Waals surface area contributed by atoms with Crippen LogP contribution in [0.4, 0.5) is 5.69 Å². The van der Waals surface area contributed by atoms with Gasteiger partial charge in [-0.2, -0.15) is 0 Å². The van der Waals surface area contributed by atoms with Crippen molar-refractivity contribution in [2.24, 2.45) is 0 Å². The number of phenols is 1. The maximum absolute atomic E-state index is 13.0. The molecule has 6 nitrogen and oxygen atoms in total. The number of hydrogen-bond acceptors (Lipinski definition) is 5. The van der Waals surface area contributed by atoms with Crippen LogP contribution in [-0.4, -0.2) is 29.0 Å². The van der Waals surface area contributed by atoms with Crippen molar-refractivity contribution in [1.82, 2.24) is 0 Å². The van der Waals surface area contributed by atoms with Gasteiger partial charge in [0.1, 0.15) is 17.3 Å². The molecule has 3 aromatic rings. The fourth-order valence-electron chi connectivity index (χ4n) is 3.60. The van der Waals surface area contributed by atoms with E-state index in [4.69, 9.17) is 4.74 Å². The Hall–Kier alpha value is -4.06. The lowest BCUT2D eigenvalue weighted by atomic mass is 9.95. The van der Waals surface area contributed by atoms with Crippen LogP contribution in [0.1, 0.15) is 17.2 Å². The molecule has 0 aromatic heterocycles. The molecule has 1 unspecified atom stereocenters. The van der Waals surface area contributed by atoms with Gasteiger partial charge in [0.2, 0.25) is 0 Å². The molecule has 0 radical (unpaired) electrons. The zero-order valence-corrected chi connectivity index (χ0v) is 16.1. The van der Waals surface area contributed by atoms with Crippen LogP contribution in [0.5, 0.6) is 11.5 Å². The van der Waals surface area contributed by atoms with E-state index < -0.39 is 17.7 Å². The van der Waals surface area contributed by atoms with E-state index in [1.165, 1.54) is 24.1 Å². The number of aliphatic hydroxyl groups is 1. The molecule has 1 aliphatic rings. The number of anilines is 1. The third kappa shape index (κ3) is 3.28. The smallest absolute Gasteiger partial charge is 0.300 e. The highest BCUT2D eigenvalue weighted by Crippen LogP contribution is 2.42. The molecule has 0 aliphatic carbocycles. The Morgan fingerprint density at radius 2 is 1.63 bits per heavy atom. The Morgan fingerprint density at radius 1 is 0.933 bits per heavy atom. The summed E-state index contributed by atoms with van der Waals surface area (Å²) in [6.45, 7) is 0. The zero-order valence-electron chi connectivity index (χ0n) is 16.1. The van der Waals surface area contributed by atoms with E-state index in [-0.39, 0.29) is 17.1 Å². The van der Waals surface area contributed by atoms with Crippen molar-refractivity contribution in [1.29, 1.82) is 0 Å². The third-order valence-corrected chi connectivity index (χ3v) is 5.03. The summed E-state index contributed by atoms with van der Waals surface area (Å²) in [4.78, 5) is 27.3. The fraction of sp³-hybridized carbons (Fsp3) is 0.0833. The first kappa shape index (κ1) is 19.3. The fourth-order valence-corrected chi connectivity index (χ4v) is 3.60. The van der Waals surface area contributed by atoms with Crippen molar-refractivity contribution >= 4 is 23.1 Å². The molecule has 0 bridgehead atoms. The second-order valence-corrected chi connectivity index (χ2v) is 6.83. The number of ether oxygens (including phenoxy) is 1. The van der Waals surface area contributed by atoms with Gasteiger partial charge in [-0.05, 0) is 42.0 Å². The van der Waals surface area contributed by atoms with Crippen LogP contribution >= 0.6 is 0 Å². The minimum atomic E-state index is -0.897. The van der Waals surface area contributed by atoms with E-state index in [9.17, 15) is 19.8 Å². The van der Waals surface area contributed by atoms with E-state index in [2.05, 4.69) is 0 Å². The van der Waals surface area contributed by atoms with E-state index in [1.54, 1.807) is 66.7 Å². The predicted molar refractivity (Wildman–Crippen MR) is 112 cm³/mol. The number of amides is 1. The summed E-state index contributed by atoms with van der Waals surface area (Å²) in [5.74, 6) is -1.22. The van der Waals surface area contributed by atoms with E-state index in [0.717, 1.165) is 0 Å². The summed E-state index contributed by atoms with van der Waals surface area (Å²) in [6.07, 6.45) is 0. The Kier molecular flexibility index (Phi) is 4.98. The molecule has 1 heterocycles. The number of carbonyl (C=O) groups excluding carboxylic acids is 2. The van der Waals surface area contributed by atoms with Crippen LogP contribution in [0.3, 0.4) is 0 Å². The van der Waals surface area contributed by atoms with E-state index >= 15 is 0 Å². The van der Waals surface area contributed by atoms with Gasteiger partial charge in [0.25, 0.3) is 11.7 Å². The highest BCUT2D eigenvalue weighted by molar-refractivity contribution is 6.51. The molecule has 3 aromatic carbocycles. The average Bonchev–Trinajstić information content (AvgIpc) is 3.04. The van der Waals surface area contributed by atoms with Gasteiger partial charge < -0.3 is 14.9 Å². The molecular formula is C24H19NO5. The van der Waals surface area contributed by atoms with Crippen molar-refractivity contribution in [3.8, 4) is 11.5 Å². The van der Waals surface area contributed by atoms with Gasteiger partial charge in [-0.15, -0.1) is 0 Å². The summed E-state index contributed by atoms with van der Waals surface area (Å²) >= 11 is 0. The number of aromatic hydroxyl groups is 1. The van der Waals surface area contributed by atoms with Crippen LogP contribution in [0.15, 0.2) is 84.4 Å². The molecule has 1 amide bonds. The van der Waals surface area contributed by atoms with Crippen LogP contribution in [0.25, 0.3) is 5.76 Å². The molecule has 0 saturated carbocycles. The van der Waals surface area contributed by atoms with Gasteiger partial charge in [0, 0.05) is 11.3 Å². The number of Topliss-reactive ketones (excluding diaryl/α,β-unsaturated/α-hetero) is 1. The molecule has 150 valence electrons. The van der Waals surface area contributed by atoms with Gasteiger partial charge >= 0.3 is 0 Å². The topological polar surface area (TPSA) is 87.1 Å². The highest BCUT2D eigenvalue weighted by atomic mass is 16.5. The Morgan fingerprint density at radius 3 is 2.27 bits per heavy atom. The second kappa shape index (κ2) is 7.75. The molecule has 6 heteroatoms. The lowest BCUT2D eigenvalue weighted by molar-refractivity contribution is -0.132. The van der Waals surface area contributed by atoms with Crippen LogP contribution in [-0.2, 0) is 9.59 Å². The van der Waals surface area contributed by atoms with Crippen LogP contribution in [0, 0.1) is 0 Å². The lowest BCUT2D eigenvalue weighted by Crippen LogP contribution is -2.29. The van der Waals surface area contributed by atoms with Crippen molar-refractivity contribution in [2.45, 2.75) is 6.04 Å². The van der Waals surface area contributed by atoms with Crippen LogP contribution in [0.2, 0.25) is 0 Å². The average molecular weight is 401 g/mol. The summed E-state index contributed by atoms with van der Waals surface area (Å²) < 4.78 is 5.17. The third-order valence-electron chi connectivity index (χ3n) is 5.03. The van der Waals surface area contributed by atoms with Gasteiger partial charge in [0.05, 0.1) is 18.7 Å². The van der Waals surface area contributed by atoms with Gasteiger partial charge in [-0.1, -0.05) is 42.5 Å². The molecule has 1 atom stereocenters. The lowest BCUT2D eigenvalue weighted by Gasteiger charge is -2.25. The monoisotopic (exact) mass is 401 g/mol. The van der Waals surface area contributed by atoms with Gasteiger partial charge in [0.15, 0.2) is 0 Å². The Labute approximate surface area is 173 Å². The van der Waals surface area contributed by atoms with Gasteiger partial charge in [-0.25, -0.2) is 0 Å². The van der Waals surface area contributed by atoms with Crippen molar-refractivity contribution in [3.63, 3.8) is 0 Å². The number of rotatable bonds is 4. The molecule has 30 heavy (non-hydrogen) atoms. The number of aliphatic hydroxyl groups excluding tert-OH is 1. The molecule has 4 rings (SSSR count). The first-order chi connectivity index (χ1) is 14.5.